The summed E-state index contributed by atoms with van der Waals surface area (Å²) < 4.78 is 5.25. The lowest BCUT2D eigenvalue weighted by atomic mass is 9.94. The highest BCUT2D eigenvalue weighted by Gasteiger charge is 2.21. The molecule has 1 amide bonds. The fraction of sp³-hybridized carbons (Fsp3) is 0.222. The monoisotopic (exact) mass is 429 g/mol. The highest BCUT2D eigenvalue weighted by atomic mass is 16.5. The first-order valence-corrected chi connectivity index (χ1v) is 10.6. The summed E-state index contributed by atoms with van der Waals surface area (Å²) in [4.78, 5) is 38.3. The van der Waals surface area contributed by atoms with Crippen LogP contribution in [0.15, 0.2) is 60.7 Å². The molecule has 164 valence electrons. The van der Waals surface area contributed by atoms with Crippen molar-refractivity contribution in [1.29, 1.82) is 0 Å². The van der Waals surface area contributed by atoms with Gasteiger partial charge in [-0.2, -0.15) is 0 Å². The van der Waals surface area contributed by atoms with E-state index in [1.54, 1.807) is 24.3 Å². The molecule has 0 aliphatic rings. The number of rotatable bonds is 7. The van der Waals surface area contributed by atoms with Gasteiger partial charge in [-0.1, -0.05) is 61.0 Å². The van der Waals surface area contributed by atoms with Gasteiger partial charge in [0.2, 0.25) is 0 Å². The van der Waals surface area contributed by atoms with Crippen LogP contribution in [0.25, 0.3) is 0 Å². The normalized spacial score (nSPS) is 10.5. The maximum absolute atomic E-state index is 13.1. The van der Waals surface area contributed by atoms with Crippen molar-refractivity contribution in [3.8, 4) is 0 Å². The molecule has 0 aliphatic carbocycles. The molecular weight excluding hydrogens is 402 g/mol. The third-order valence-electron chi connectivity index (χ3n) is 5.37. The van der Waals surface area contributed by atoms with Crippen LogP contribution in [0.4, 0.5) is 5.69 Å². The maximum atomic E-state index is 13.1. The van der Waals surface area contributed by atoms with Gasteiger partial charge in [0, 0.05) is 16.8 Å². The van der Waals surface area contributed by atoms with Gasteiger partial charge < -0.3 is 10.1 Å². The molecule has 0 aliphatic heterocycles. The number of nitrogens with one attached hydrogen (secondary N) is 1. The van der Waals surface area contributed by atoms with Crippen LogP contribution >= 0.6 is 0 Å². The van der Waals surface area contributed by atoms with E-state index in [2.05, 4.69) is 5.32 Å². The summed E-state index contributed by atoms with van der Waals surface area (Å²) in [6, 6.07) is 17.9. The van der Waals surface area contributed by atoms with Gasteiger partial charge in [-0.25, -0.2) is 4.79 Å². The summed E-state index contributed by atoms with van der Waals surface area (Å²) in [5.41, 5.74) is 5.39. The SMILES string of the molecule is CCc1cccc(C)c1NC(=O)COC(=O)c1ccccc1C(=O)c1cc(C)ccc1C. The molecule has 32 heavy (non-hydrogen) atoms. The van der Waals surface area contributed by atoms with Gasteiger partial charge in [0.1, 0.15) is 0 Å². The quantitative estimate of drug-likeness (QED) is 0.414. The van der Waals surface area contributed by atoms with Crippen molar-refractivity contribution in [2.45, 2.75) is 34.1 Å². The number of hydrogen-bond acceptors (Lipinski definition) is 4. The second-order valence-corrected chi connectivity index (χ2v) is 7.78. The van der Waals surface area contributed by atoms with Crippen molar-refractivity contribution in [3.05, 3.63) is 99.6 Å². The molecule has 3 aromatic carbocycles. The Labute approximate surface area is 188 Å². The van der Waals surface area contributed by atoms with Crippen LogP contribution < -0.4 is 5.32 Å². The molecule has 0 aromatic heterocycles. The third-order valence-corrected chi connectivity index (χ3v) is 5.37. The van der Waals surface area contributed by atoms with Gasteiger partial charge >= 0.3 is 5.97 Å². The molecule has 1 N–H and O–H groups in total. The molecule has 0 spiro atoms. The van der Waals surface area contributed by atoms with Crippen LogP contribution in [0.5, 0.6) is 0 Å². The van der Waals surface area contributed by atoms with Crippen molar-refractivity contribution < 1.29 is 19.1 Å². The average molecular weight is 430 g/mol. The van der Waals surface area contributed by atoms with Crippen LogP contribution in [0.1, 0.15) is 55.5 Å². The van der Waals surface area contributed by atoms with Crippen molar-refractivity contribution in [2.75, 3.05) is 11.9 Å². The first kappa shape index (κ1) is 22.9. The Balaban J connectivity index is 1.75. The van der Waals surface area contributed by atoms with E-state index in [1.807, 2.05) is 58.0 Å². The minimum Gasteiger partial charge on any atom is -0.452 e. The molecule has 0 heterocycles. The number of esters is 1. The average Bonchev–Trinajstić information content (AvgIpc) is 2.80. The number of carbonyl (C=O) groups is 3. The molecule has 0 atom stereocenters. The lowest BCUT2D eigenvalue weighted by molar-refractivity contribution is -0.119. The number of hydrogen-bond donors (Lipinski definition) is 1. The molecule has 0 bridgehead atoms. The Morgan fingerprint density at radius 2 is 1.53 bits per heavy atom. The van der Waals surface area contributed by atoms with E-state index >= 15 is 0 Å². The minimum atomic E-state index is -0.713. The van der Waals surface area contributed by atoms with Crippen LogP contribution in [0.3, 0.4) is 0 Å². The fourth-order valence-corrected chi connectivity index (χ4v) is 3.57. The van der Waals surface area contributed by atoms with Gasteiger partial charge in [-0.05, 0) is 56.0 Å². The molecule has 3 rings (SSSR count). The Hall–Kier alpha value is -3.73. The van der Waals surface area contributed by atoms with Gasteiger partial charge in [0.25, 0.3) is 5.91 Å². The number of ether oxygens (including phenoxy) is 1. The molecule has 0 saturated carbocycles. The Morgan fingerprint density at radius 1 is 0.812 bits per heavy atom. The predicted molar refractivity (Wildman–Crippen MR) is 125 cm³/mol. The number of para-hydroxylation sites is 1. The largest absolute Gasteiger partial charge is 0.452 e. The summed E-state index contributed by atoms with van der Waals surface area (Å²) in [7, 11) is 0. The van der Waals surface area contributed by atoms with Crippen LogP contribution in [-0.2, 0) is 16.0 Å². The molecule has 3 aromatic rings. The highest BCUT2D eigenvalue weighted by molar-refractivity contribution is 6.15. The van der Waals surface area contributed by atoms with Gasteiger partial charge in [-0.15, -0.1) is 0 Å². The number of anilines is 1. The Morgan fingerprint density at radius 3 is 2.25 bits per heavy atom. The van der Waals surface area contributed by atoms with Crippen LogP contribution in [-0.4, -0.2) is 24.3 Å². The zero-order chi connectivity index (χ0) is 23.3. The van der Waals surface area contributed by atoms with E-state index in [4.69, 9.17) is 4.74 Å². The van der Waals surface area contributed by atoms with E-state index in [1.165, 1.54) is 6.07 Å². The maximum Gasteiger partial charge on any atom is 0.339 e. The van der Waals surface area contributed by atoms with E-state index < -0.39 is 18.5 Å². The summed E-state index contributed by atoms with van der Waals surface area (Å²) >= 11 is 0. The highest BCUT2D eigenvalue weighted by Crippen LogP contribution is 2.22. The first-order chi connectivity index (χ1) is 15.3. The van der Waals surface area contributed by atoms with E-state index in [0.29, 0.717) is 5.56 Å². The summed E-state index contributed by atoms with van der Waals surface area (Å²) in [6.45, 7) is 7.24. The molecule has 0 saturated heterocycles. The van der Waals surface area contributed by atoms with Crippen molar-refractivity contribution in [1.82, 2.24) is 0 Å². The van der Waals surface area contributed by atoms with E-state index in [9.17, 15) is 14.4 Å². The molecule has 0 fully saturated rings. The molecule has 5 nitrogen and oxygen atoms in total. The molecule has 5 heteroatoms. The molecular formula is C27H27NO4. The van der Waals surface area contributed by atoms with Gasteiger partial charge in [0.05, 0.1) is 5.56 Å². The van der Waals surface area contributed by atoms with Crippen molar-refractivity contribution in [2.24, 2.45) is 0 Å². The molecule has 0 radical (unpaired) electrons. The van der Waals surface area contributed by atoms with Crippen molar-refractivity contribution in [3.63, 3.8) is 0 Å². The summed E-state index contributed by atoms with van der Waals surface area (Å²) in [5.74, 6) is -1.40. The number of benzene rings is 3. The topological polar surface area (TPSA) is 72.5 Å². The van der Waals surface area contributed by atoms with E-state index in [-0.39, 0.29) is 16.9 Å². The summed E-state index contributed by atoms with van der Waals surface area (Å²) in [5, 5.41) is 2.83. The van der Waals surface area contributed by atoms with E-state index in [0.717, 1.165) is 34.4 Å². The first-order valence-electron chi connectivity index (χ1n) is 10.6. The second kappa shape index (κ2) is 10.1. The predicted octanol–water partition coefficient (Wildman–Crippen LogP) is 5.20. The van der Waals surface area contributed by atoms with Crippen LogP contribution in [0, 0.1) is 20.8 Å². The van der Waals surface area contributed by atoms with Crippen molar-refractivity contribution >= 4 is 23.3 Å². The van der Waals surface area contributed by atoms with Crippen LogP contribution in [0.2, 0.25) is 0 Å². The number of aryl methyl sites for hydroxylation is 4. The summed E-state index contributed by atoms with van der Waals surface area (Å²) in [6.07, 6.45) is 0.769. The Bertz CT molecular complexity index is 1180. The van der Waals surface area contributed by atoms with Gasteiger partial charge in [0.15, 0.2) is 12.4 Å². The minimum absolute atomic E-state index is 0.136. The third kappa shape index (κ3) is 5.11. The second-order valence-electron chi connectivity index (χ2n) is 7.78. The smallest absolute Gasteiger partial charge is 0.339 e. The van der Waals surface area contributed by atoms with Gasteiger partial charge in [-0.3, -0.25) is 9.59 Å². The number of amides is 1. The number of ketones is 1. The Kier molecular flexibility index (Phi) is 7.21. The fourth-order valence-electron chi connectivity index (χ4n) is 3.57. The standard InChI is InChI=1S/C27H27NO4/c1-5-20-10-8-9-19(4)25(20)28-24(29)16-32-27(31)22-12-7-6-11-21(22)26(30)23-15-17(2)13-14-18(23)3/h6-15H,5,16H2,1-4H3,(H,28,29). The number of carbonyl (C=O) groups excluding carboxylic acids is 3. The lowest BCUT2D eigenvalue weighted by Crippen LogP contribution is -2.23. The lowest BCUT2D eigenvalue weighted by Gasteiger charge is -2.14. The zero-order valence-electron chi connectivity index (χ0n) is 18.8. The zero-order valence-corrected chi connectivity index (χ0v) is 18.8. The molecule has 0 unspecified atom stereocenters.